The van der Waals surface area contributed by atoms with Gasteiger partial charge in [0.15, 0.2) is 22.3 Å². The molecule has 0 atom stereocenters. The molecule has 5 N–H and O–H groups in total. The number of thiophene rings is 4. The Morgan fingerprint density at radius 1 is 0.347 bits per heavy atom. The summed E-state index contributed by atoms with van der Waals surface area (Å²) < 4.78 is 88.3. The number of carbonyl (C=O) groups is 8. The highest BCUT2D eigenvalue weighted by Crippen LogP contribution is 2.37. The predicted octanol–water partition coefficient (Wildman–Crippen LogP) is 19.7. The van der Waals surface area contributed by atoms with Crippen LogP contribution in [0.4, 0.5) is 37.6 Å². The van der Waals surface area contributed by atoms with Gasteiger partial charge in [-0.25, -0.2) is 60.7 Å². The van der Waals surface area contributed by atoms with Gasteiger partial charge in [-0.1, -0.05) is 112 Å². The molecule has 8 aromatic heterocycles. The Labute approximate surface area is 715 Å². The third-order valence-corrected chi connectivity index (χ3v) is 22.0. The highest BCUT2D eigenvalue weighted by molar-refractivity contribution is 7.24. The van der Waals surface area contributed by atoms with Crippen LogP contribution < -0.4 is 43.4 Å². The molecule has 0 aliphatic carbocycles. The van der Waals surface area contributed by atoms with Crippen molar-refractivity contribution in [3.8, 4) is 44.5 Å². The molecule has 0 fully saturated rings. The zero-order chi connectivity index (χ0) is 87.3. The molecule has 33 heteroatoms. The van der Waals surface area contributed by atoms with Crippen molar-refractivity contribution >= 4 is 154 Å². The van der Waals surface area contributed by atoms with Gasteiger partial charge in [0.1, 0.15) is 55.5 Å². The fraction of sp³-hybridized carbons (Fsp3) is 0.0769. The van der Waals surface area contributed by atoms with Gasteiger partial charge in [0.25, 0.3) is 17.7 Å². The van der Waals surface area contributed by atoms with Crippen molar-refractivity contribution in [2.45, 2.75) is 14.9 Å². The van der Waals surface area contributed by atoms with Crippen LogP contribution in [0.1, 0.15) is 97.7 Å². The monoisotopic (exact) mass is 1760 g/mol. The summed E-state index contributed by atoms with van der Waals surface area (Å²) in [6.07, 6.45) is 0. The number of nitrogens with zero attached hydrogens (tertiary/aromatic N) is 2. The second-order valence-electron chi connectivity index (χ2n) is 25.8. The van der Waals surface area contributed by atoms with Crippen molar-refractivity contribution in [3.05, 3.63) is 352 Å². The second kappa shape index (κ2) is 40.2. The zero-order valence-corrected chi connectivity index (χ0v) is 67.1. The van der Waals surface area contributed by atoms with Gasteiger partial charge in [0, 0.05) is 55.1 Å². The van der Waals surface area contributed by atoms with Crippen LogP contribution >= 0.6 is 45.3 Å². The average Bonchev–Trinajstić information content (AvgIpc) is 1.65. The van der Waals surface area contributed by atoms with Gasteiger partial charge in [-0.15, -0.1) is 45.3 Å². The number of aromatic carboxylic acids is 2. The van der Waals surface area contributed by atoms with Crippen LogP contribution in [0.15, 0.2) is 280 Å². The molecule has 124 heavy (non-hydrogen) atoms. The lowest BCUT2D eigenvalue weighted by molar-refractivity contribution is 0.0587. The highest BCUT2D eigenvalue weighted by atomic mass is 32.1. The summed E-state index contributed by atoms with van der Waals surface area (Å²) in [5, 5.41) is 22.7. The lowest BCUT2D eigenvalue weighted by Gasteiger charge is -2.15. The van der Waals surface area contributed by atoms with E-state index in [1.54, 1.807) is 148 Å². The molecule has 0 aliphatic heterocycles. The molecule has 0 spiro atoms. The summed E-state index contributed by atoms with van der Waals surface area (Å²) in [6, 6.07) is 63.0. The fourth-order valence-corrected chi connectivity index (χ4v) is 15.3. The molecular weight excluding hydrogens is 1690 g/mol. The van der Waals surface area contributed by atoms with E-state index in [4.69, 9.17) is 33.6 Å². The number of methoxy groups -OCH3 is 3. The van der Waals surface area contributed by atoms with Crippen molar-refractivity contribution in [2.75, 3.05) is 56.3 Å². The van der Waals surface area contributed by atoms with Crippen LogP contribution in [-0.4, -0.2) is 93.2 Å². The van der Waals surface area contributed by atoms with Gasteiger partial charge < -0.3 is 62.9 Å². The van der Waals surface area contributed by atoms with E-state index in [0.717, 1.165) is 67.2 Å². The molecule has 0 radical (unpaired) electrons. The summed E-state index contributed by atoms with van der Waals surface area (Å²) in [4.78, 5) is 145. The van der Waals surface area contributed by atoms with Crippen LogP contribution in [0, 0.1) is 23.3 Å². The third-order valence-electron chi connectivity index (χ3n) is 17.8. The highest BCUT2D eigenvalue weighted by Gasteiger charge is 2.25. The molecule has 0 aliphatic rings. The standard InChI is InChI=1S/C23H16FNO5S.2C22H14FNO5S.C13H9FO2.C9H7NO4S.2CH4/c1-25(20-12-18-19(31-20)11-17(22(27)29-2)23(28)30-18)21(26)15-5-3-4-14(10-15)13-6-8-16(24)9-7-13;1-28-21(26)16-10-18-17(29-22(16)27)11-19(30-18)24-20(25)14-4-2-3-13(9-14)12-5-7-15(23)8-6-12;1-24(19-11-17-18(30-19)10-16(21(26)27)22(28)29-17)20(25)14-4-2-3-13(9-14)12-5-7-15(23)8-6-12;14-12-6-4-9(5-7-12)10-2-1-3-11(8-10)13(15)16;1-13-8(11)4-2-6-5(14-9(4)12)3-7(10)15-6;;/h3-12H,1-2H3;2-11H,1H3,(H,24,25);2-11H,1H3,(H,26,27);1-8H,(H,15,16);2-3H,10H2,1H3;2*1H4. The molecule has 0 saturated carbocycles. The normalized spacial score (nSPS) is 10.5. The van der Waals surface area contributed by atoms with Crippen LogP contribution in [0.2, 0.25) is 0 Å². The minimum Gasteiger partial charge on any atom is -0.478 e. The maximum Gasteiger partial charge on any atom is 0.351 e. The Kier molecular flexibility index (Phi) is 29.5. The Balaban J connectivity index is 0.000000166. The summed E-state index contributed by atoms with van der Waals surface area (Å²) in [5.74, 6) is -6.87. The molecular formula is C91H68F4N4O21S4. The molecule has 16 rings (SSSR count). The number of fused-ring (bicyclic) bond motifs is 4. The van der Waals surface area contributed by atoms with Crippen molar-refractivity contribution in [1.29, 1.82) is 0 Å². The number of anilines is 4. The number of benzene rings is 8. The molecule has 630 valence electrons. The number of hydrogen-bond acceptors (Lipinski definition) is 24. The van der Waals surface area contributed by atoms with Crippen molar-refractivity contribution in [3.63, 3.8) is 0 Å². The van der Waals surface area contributed by atoms with Gasteiger partial charge in [-0.2, -0.15) is 0 Å². The smallest absolute Gasteiger partial charge is 0.351 e. The third kappa shape index (κ3) is 21.6. The Hall–Kier alpha value is -15.3. The number of hydrogen-bond donors (Lipinski definition) is 4. The van der Waals surface area contributed by atoms with E-state index in [-0.39, 0.29) is 94.8 Å². The number of rotatable bonds is 15. The SMILES string of the molecule is C.C.CN(C(=O)c1cccc(-c2ccc(F)cc2)c1)c1cc2oc(=O)c(C(=O)O)cc2s1.COC(=O)c1cc2sc(N(C)C(=O)c3cccc(-c4ccc(F)cc4)c3)cc2oc1=O.COC(=O)c1cc2sc(N)cc2oc1=O.COC(=O)c1cc2sc(NC(=O)c3cccc(-c4ccc(F)cc4)c3)cc2oc1=O.O=C(O)c1cccc(-c2ccc(F)cc2)c1. The molecule has 25 nitrogen and oxygen atoms in total. The second-order valence-corrected chi connectivity index (χ2v) is 30.1. The summed E-state index contributed by atoms with van der Waals surface area (Å²) >= 11 is 4.74. The average molecular weight is 1760 g/mol. The summed E-state index contributed by atoms with van der Waals surface area (Å²) in [7, 11) is 6.74. The van der Waals surface area contributed by atoms with E-state index in [1.165, 1.54) is 145 Å². The van der Waals surface area contributed by atoms with Gasteiger partial charge >= 0.3 is 52.3 Å². The van der Waals surface area contributed by atoms with E-state index in [9.17, 15) is 75.1 Å². The first kappa shape index (κ1) is 91.0. The molecule has 0 bridgehead atoms. The minimum atomic E-state index is -1.37. The first-order chi connectivity index (χ1) is 58.4. The quantitative estimate of drug-likeness (QED) is 0.0421. The van der Waals surface area contributed by atoms with Gasteiger partial charge in [0.2, 0.25) is 0 Å². The van der Waals surface area contributed by atoms with E-state index in [0.29, 0.717) is 61.1 Å². The Morgan fingerprint density at radius 2 is 0.637 bits per heavy atom. The van der Waals surface area contributed by atoms with E-state index in [2.05, 4.69) is 19.5 Å². The largest absolute Gasteiger partial charge is 0.478 e. The molecule has 8 heterocycles. The van der Waals surface area contributed by atoms with Crippen LogP contribution in [-0.2, 0) is 14.2 Å². The fourth-order valence-electron chi connectivity index (χ4n) is 11.6. The first-order valence-corrected chi connectivity index (χ1v) is 38.8. The van der Waals surface area contributed by atoms with Crippen LogP contribution in [0.25, 0.3) is 85.6 Å². The number of esters is 3. The zero-order valence-electron chi connectivity index (χ0n) is 63.9. The van der Waals surface area contributed by atoms with Gasteiger partial charge in [-0.3, -0.25) is 14.4 Å². The first-order valence-electron chi connectivity index (χ1n) is 35.5. The molecule has 0 unspecified atom stereocenters. The number of nitrogens with two attached hydrogens (primary N) is 1. The van der Waals surface area contributed by atoms with Crippen molar-refractivity contribution in [2.24, 2.45) is 0 Å². The van der Waals surface area contributed by atoms with E-state index >= 15 is 0 Å². The minimum absolute atomic E-state index is 0. The number of nitrogen functional groups attached to an aromatic ring is 1. The van der Waals surface area contributed by atoms with E-state index in [1.807, 2.05) is 18.2 Å². The number of ether oxygens (including phenoxy) is 3. The lowest BCUT2D eigenvalue weighted by Crippen LogP contribution is -2.25. The van der Waals surface area contributed by atoms with Gasteiger partial charge in [-0.05, 0) is 166 Å². The Bertz CT molecular complexity index is 6990. The number of carbonyl (C=O) groups excluding carboxylic acids is 6. The summed E-state index contributed by atoms with van der Waals surface area (Å²) in [6.45, 7) is 0. The van der Waals surface area contributed by atoms with Crippen LogP contribution in [0.3, 0.4) is 0 Å². The number of halogens is 4. The molecule has 3 amide bonds. The maximum absolute atomic E-state index is 13.2. The summed E-state index contributed by atoms with van der Waals surface area (Å²) in [5.41, 5.74) is 10.1. The predicted molar refractivity (Wildman–Crippen MR) is 468 cm³/mol. The van der Waals surface area contributed by atoms with Crippen LogP contribution in [0.5, 0.6) is 0 Å². The lowest BCUT2D eigenvalue weighted by atomic mass is 10.0. The molecule has 16 aromatic rings. The molecule has 0 saturated heterocycles. The number of carboxylic acid groups (broad SMARTS) is 2. The topological polar surface area (TPSA) is 370 Å². The van der Waals surface area contributed by atoms with Gasteiger partial charge in [0.05, 0.1) is 55.7 Å². The van der Waals surface area contributed by atoms with E-state index < -0.39 is 57.9 Å². The molecule has 8 aromatic carbocycles. The number of amides is 3. The van der Waals surface area contributed by atoms with Crippen molar-refractivity contribution < 1.29 is 98.0 Å². The maximum atomic E-state index is 13.2. The Morgan fingerprint density at radius 3 is 0.984 bits per heavy atom. The van der Waals surface area contributed by atoms with Crippen molar-refractivity contribution in [1.82, 2.24) is 0 Å². The number of nitrogens with one attached hydrogen (secondary N) is 1. The number of carboxylic acids is 2.